The van der Waals surface area contributed by atoms with Crippen LogP contribution in [0, 0.1) is 0 Å². The van der Waals surface area contributed by atoms with E-state index in [-0.39, 0.29) is 0 Å². The Bertz CT molecular complexity index is 531. The summed E-state index contributed by atoms with van der Waals surface area (Å²) in [6.07, 6.45) is 4.45. The molecule has 1 heterocycles. The van der Waals surface area contributed by atoms with Gasteiger partial charge in [0.1, 0.15) is 0 Å². The quantitative estimate of drug-likeness (QED) is 0.842. The van der Waals surface area contributed by atoms with Crippen LogP contribution in [0.2, 0.25) is 0 Å². The van der Waals surface area contributed by atoms with Gasteiger partial charge in [-0.2, -0.15) is 0 Å². The lowest BCUT2D eigenvalue weighted by molar-refractivity contribution is 0.0697. The Hall–Kier alpha value is -2.30. The Morgan fingerprint density at radius 3 is 2.67 bits per heavy atom. The smallest absolute Gasteiger partial charge is 0.335 e. The number of carbonyl (C=O) groups is 1. The number of carboxylic acids is 1. The monoisotopic (exact) mass is 245 g/mol. The van der Waals surface area contributed by atoms with Gasteiger partial charge in [-0.15, -0.1) is 0 Å². The first-order valence-corrected chi connectivity index (χ1v) is 5.70. The van der Waals surface area contributed by atoms with E-state index in [0.717, 1.165) is 24.5 Å². The number of benzene rings is 1. The highest BCUT2D eigenvalue weighted by atomic mass is 16.4. The zero-order valence-corrected chi connectivity index (χ0v) is 10.1. The molecule has 0 bridgehead atoms. The topological polar surface area (TPSA) is 67.2 Å². The second kappa shape index (κ2) is 5.35. The van der Waals surface area contributed by atoms with Crippen LogP contribution < -0.4 is 5.32 Å². The number of hydrogen-bond donors (Lipinski definition) is 2. The molecule has 0 atom stereocenters. The van der Waals surface area contributed by atoms with Crippen LogP contribution in [-0.4, -0.2) is 27.2 Å². The van der Waals surface area contributed by atoms with Gasteiger partial charge in [0.2, 0.25) is 5.95 Å². The SMILES string of the molecule is Cn1ccnc1NCCc1ccc(C(=O)O)cc1. The zero-order chi connectivity index (χ0) is 13.0. The van der Waals surface area contributed by atoms with Crippen LogP contribution in [0.25, 0.3) is 0 Å². The number of imidazole rings is 1. The summed E-state index contributed by atoms with van der Waals surface area (Å²) in [7, 11) is 1.93. The molecule has 2 aromatic rings. The summed E-state index contributed by atoms with van der Waals surface area (Å²) in [5.41, 5.74) is 1.41. The van der Waals surface area contributed by atoms with Crippen molar-refractivity contribution >= 4 is 11.9 Å². The van der Waals surface area contributed by atoms with Gasteiger partial charge in [-0.3, -0.25) is 0 Å². The third-order valence-electron chi connectivity index (χ3n) is 2.72. The Kier molecular flexibility index (Phi) is 3.62. The lowest BCUT2D eigenvalue weighted by Crippen LogP contribution is -2.09. The van der Waals surface area contributed by atoms with Gasteiger partial charge >= 0.3 is 5.97 Å². The van der Waals surface area contributed by atoms with E-state index in [1.165, 1.54) is 0 Å². The van der Waals surface area contributed by atoms with Gasteiger partial charge in [-0.25, -0.2) is 9.78 Å². The molecule has 2 N–H and O–H groups in total. The first kappa shape index (κ1) is 12.2. The minimum Gasteiger partial charge on any atom is -0.478 e. The fourth-order valence-corrected chi connectivity index (χ4v) is 1.67. The van der Waals surface area contributed by atoms with Crippen molar-refractivity contribution in [3.63, 3.8) is 0 Å². The van der Waals surface area contributed by atoms with E-state index in [4.69, 9.17) is 5.11 Å². The number of hydrogen-bond acceptors (Lipinski definition) is 3. The van der Waals surface area contributed by atoms with Gasteiger partial charge in [0, 0.05) is 26.0 Å². The van der Waals surface area contributed by atoms with Gasteiger partial charge in [0.15, 0.2) is 0 Å². The molecule has 0 fully saturated rings. The molecule has 0 radical (unpaired) electrons. The predicted octanol–water partition coefficient (Wildman–Crippen LogP) is 1.77. The van der Waals surface area contributed by atoms with Crippen molar-refractivity contribution in [3.8, 4) is 0 Å². The molecule has 0 aliphatic heterocycles. The number of anilines is 1. The van der Waals surface area contributed by atoms with E-state index in [1.807, 2.05) is 29.9 Å². The molecule has 1 aromatic carbocycles. The first-order valence-electron chi connectivity index (χ1n) is 5.70. The summed E-state index contributed by atoms with van der Waals surface area (Å²) in [5.74, 6) is -0.0650. The number of aryl methyl sites for hydroxylation is 1. The molecule has 0 saturated carbocycles. The zero-order valence-electron chi connectivity index (χ0n) is 10.1. The van der Waals surface area contributed by atoms with Gasteiger partial charge < -0.3 is 15.0 Å². The minimum atomic E-state index is -0.896. The van der Waals surface area contributed by atoms with Crippen LogP contribution in [0.15, 0.2) is 36.7 Å². The third-order valence-corrected chi connectivity index (χ3v) is 2.72. The Morgan fingerprint density at radius 2 is 2.11 bits per heavy atom. The highest BCUT2D eigenvalue weighted by Crippen LogP contribution is 2.06. The molecule has 5 nitrogen and oxygen atoms in total. The van der Waals surface area contributed by atoms with Crippen LogP contribution in [0.1, 0.15) is 15.9 Å². The highest BCUT2D eigenvalue weighted by molar-refractivity contribution is 5.87. The summed E-state index contributed by atoms with van der Waals surface area (Å²) < 4.78 is 1.91. The first-order chi connectivity index (χ1) is 8.66. The molecule has 0 saturated heterocycles. The summed E-state index contributed by atoms with van der Waals surface area (Å²) in [5, 5.41) is 12.0. The van der Waals surface area contributed by atoms with Crippen molar-refractivity contribution < 1.29 is 9.90 Å². The molecular weight excluding hydrogens is 230 g/mol. The van der Waals surface area contributed by atoms with Gasteiger partial charge in [-0.1, -0.05) is 12.1 Å². The molecule has 18 heavy (non-hydrogen) atoms. The molecule has 0 aliphatic carbocycles. The summed E-state index contributed by atoms with van der Waals surface area (Å²) >= 11 is 0. The number of carboxylic acid groups (broad SMARTS) is 1. The maximum absolute atomic E-state index is 10.7. The molecule has 94 valence electrons. The van der Waals surface area contributed by atoms with E-state index < -0.39 is 5.97 Å². The minimum absolute atomic E-state index is 0.316. The number of nitrogens with one attached hydrogen (secondary N) is 1. The normalized spacial score (nSPS) is 10.3. The Labute approximate surface area is 105 Å². The fraction of sp³-hybridized carbons (Fsp3) is 0.231. The molecule has 0 amide bonds. The van der Waals surface area contributed by atoms with Gasteiger partial charge in [0.05, 0.1) is 5.56 Å². The maximum Gasteiger partial charge on any atom is 0.335 e. The molecule has 5 heteroatoms. The number of aromatic nitrogens is 2. The van der Waals surface area contributed by atoms with Crippen LogP contribution in [0.3, 0.4) is 0 Å². The van der Waals surface area contributed by atoms with E-state index in [1.54, 1.807) is 18.3 Å². The van der Waals surface area contributed by atoms with Crippen LogP contribution >= 0.6 is 0 Å². The van der Waals surface area contributed by atoms with E-state index in [0.29, 0.717) is 5.56 Å². The molecule has 0 unspecified atom stereocenters. The highest BCUT2D eigenvalue weighted by Gasteiger charge is 2.02. The standard InChI is InChI=1S/C13H15N3O2/c1-16-9-8-15-13(16)14-7-6-10-2-4-11(5-3-10)12(17)18/h2-5,8-9H,6-7H2,1H3,(H,14,15)(H,17,18). The van der Waals surface area contributed by atoms with Crippen molar-refractivity contribution in [2.45, 2.75) is 6.42 Å². The average molecular weight is 245 g/mol. The summed E-state index contributed by atoms with van der Waals surface area (Å²) in [6.45, 7) is 0.761. The number of rotatable bonds is 5. The van der Waals surface area contributed by atoms with Crippen LogP contribution in [0.5, 0.6) is 0 Å². The number of aromatic carboxylic acids is 1. The van der Waals surface area contributed by atoms with Crippen molar-refractivity contribution in [1.29, 1.82) is 0 Å². The number of nitrogens with zero attached hydrogens (tertiary/aromatic N) is 2. The van der Waals surface area contributed by atoms with Crippen molar-refractivity contribution in [3.05, 3.63) is 47.8 Å². The lowest BCUT2D eigenvalue weighted by Gasteiger charge is -2.06. The van der Waals surface area contributed by atoms with Gasteiger partial charge in [0.25, 0.3) is 0 Å². The van der Waals surface area contributed by atoms with Crippen LogP contribution in [0.4, 0.5) is 5.95 Å². The van der Waals surface area contributed by atoms with E-state index in [2.05, 4.69) is 10.3 Å². The largest absolute Gasteiger partial charge is 0.478 e. The Morgan fingerprint density at radius 1 is 1.39 bits per heavy atom. The third kappa shape index (κ3) is 2.88. The Balaban J connectivity index is 1.87. The lowest BCUT2D eigenvalue weighted by atomic mass is 10.1. The van der Waals surface area contributed by atoms with Gasteiger partial charge in [-0.05, 0) is 24.1 Å². The fourth-order valence-electron chi connectivity index (χ4n) is 1.67. The molecule has 1 aromatic heterocycles. The molecule has 2 rings (SSSR count). The van der Waals surface area contributed by atoms with Crippen molar-refractivity contribution in [1.82, 2.24) is 9.55 Å². The second-order valence-corrected chi connectivity index (χ2v) is 4.04. The average Bonchev–Trinajstić information content (AvgIpc) is 2.76. The molecule has 0 aliphatic rings. The summed E-state index contributed by atoms with van der Waals surface area (Å²) in [4.78, 5) is 14.9. The van der Waals surface area contributed by atoms with Crippen LogP contribution in [-0.2, 0) is 13.5 Å². The molecule has 0 spiro atoms. The van der Waals surface area contributed by atoms with Crippen molar-refractivity contribution in [2.24, 2.45) is 7.05 Å². The molecular formula is C13H15N3O2. The van der Waals surface area contributed by atoms with E-state index >= 15 is 0 Å². The maximum atomic E-state index is 10.7. The summed E-state index contributed by atoms with van der Waals surface area (Å²) in [6, 6.07) is 6.92. The second-order valence-electron chi connectivity index (χ2n) is 4.04. The van der Waals surface area contributed by atoms with E-state index in [9.17, 15) is 4.79 Å². The van der Waals surface area contributed by atoms with Crippen molar-refractivity contribution in [2.75, 3.05) is 11.9 Å². The predicted molar refractivity (Wildman–Crippen MR) is 68.8 cm³/mol.